The van der Waals surface area contributed by atoms with Gasteiger partial charge in [0.1, 0.15) is 0 Å². The van der Waals surface area contributed by atoms with E-state index < -0.39 is 10.0 Å². The van der Waals surface area contributed by atoms with Gasteiger partial charge in [0.25, 0.3) is 5.91 Å². The zero-order valence-electron chi connectivity index (χ0n) is 16.9. The van der Waals surface area contributed by atoms with Crippen molar-refractivity contribution in [3.63, 3.8) is 0 Å². The van der Waals surface area contributed by atoms with Gasteiger partial charge in [-0.3, -0.25) is 4.79 Å². The van der Waals surface area contributed by atoms with E-state index in [-0.39, 0.29) is 10.8 Å². The number of likely N-dealkylation sites (tertiary alicyclic amines) is 1. The van der Waals surface area contributed by atoms with Crippen LogP contribution in [0.2, 0.25) is 0 Å². The Hall–Kier alpha value is -1.44. The van der Waals surface area contributed by atoms with Crippen LogP contribution in [0, 0.1) is 5.92 Å². The highest BCUT2D eigenvalue weighted by Crippen LogP contribution is 2.21. The SMILES string of the molecule is CC1CCN(CCCCNC(=O)c2ccc(S(=O)(=O)N3CCCC3)cc2)CC1. The van der Waals surface area contributed by atoms with Crippen molar-refractivity contribution in [1.29, 1.82) is 0 Å². The van der Waals surface area contributed by atoms with E-state index in [4.69, 9.17) is 0 Å². The topological polar surface area (TPSA) is 69.7 Å². The quantitative estimate of drug-likeness (QED) is 0.673. The molecule has 1 N–H and O–H groups in total. The van der Waals surface area contributed by atoms with E-state index >= 15 is 0 Å². The molecule has 0 aromatic heterocycles. The van der Waals surface area contributed by atoms with Gasteiger partial charge in [-0.25, -0.2) is 8.42 Å². The van der Waals surface area contributed by atoms with Crippen LogP contribution in [0.1, 0.15) is 55.8 Å². The van der Waals surface area contributed by atoms with Crippen molar-refractivity contribution in [2.75, 3.05) is 39.3 Å². The molecule has 1 aromatic rings. The lowest BCUT2D eigenvalue weighted by molar-refractivity contribution is 0.0952. The van der Waals surface area contributed by atoms with Gasteiger partial charge in [0, 0.05) is 25.2 Å². The Balaban J connectivity index is 1.40. The largest absolute Gasteiger partial charge is 0.352 e. The lowest BCUT2D eigenvalue weighted by Crippen LogP contribution is -2.34. The molecule has 2 aliphatic rings. The molecule has 1 aromatic carbocycles. The summed E-state index contributed by atoms with van der Waals surface area (Å²) in [4.78, 5) is 15.1. The molecule has 0 aliphatic carbocycles. The number of hydrogen-bond acceptors (Lipinski definition) is 4. The Kier molecular flexibility index (Phi) is 7.48. The third kappa shape index (κ3) is 5.55. The molecular weight excluding hydrogens is 374 g/mol. The highest BCUT2D eigenvalue weighted by Gasteiger charge is 2.27. The molecule has 0 saturated carbocycles. The smallest absolute Gasteiger partial charge is 0.251 e. The summed E-state index contributed by atoms with van der Waals surface area (Å²) >= 11 is 0. The van der Waals surface area contributed by atoms with Gasteiger partial charge in [0.15, 0.2) is 0 Å². The van der Waals surface area contributed by atoms with Crippen molar-refractivity contribution in [2.24, 2.45) is 5.92 Å². The number of nitrogens with zero attached hydrogens (tertiary/aromatic N) is 2. The summed E-state index contributed by atoms with van der Waals surface area (Å²) in [6.07, 6.45) is 6.45. The zero-order valence-corrected chi connectivity index (χ0v) is 17.7. The summed E-state index contributed by atoms with van der Waals surface area (Å²) in [5, 5.41) is 2.94. The van der Waals surface area contributed by atoms with Gasteiger partial charge in [-0.1, -0.05) is 6.92 Å². The Labute approximate surface area is 169 Å². The lowest BCUT2D eigenvalue weighted by atomic mass is 9.99. The maximum atomic E-state index is 12.5. The van der Waals surface area contributed by atoms with Gasteiger partial charge < -0.3 is 10.2 Å². The monoisotopic (exact) mass is 407 g/mol. The van der Waals surface area contributed by atoms with Crippen LogP contribution in [-0.4, -0.2) is 62.8 Å². The first kappa shape index (κ1) is 21.3. The minimum atomic E-state index is -3.42. The Morgan fingerprint density at radius 2 is 1.68 bits per heavy atom. The first-order valence-corrected chi connectivity index (χ1v) is 12.0. The third-order valence-corrected chi connectivity index (χ3v) is 7.80. The van der Waals surface area contributed by atoms with Crippen LogP contribution in [0.4, 0.5) is 0 Å². The Morgan fingerprint density at radius 1 is 1.04 bits per heavy atom. The minimum absolute atomic E-state index is 0.142. The van der Waals surface area contributed by atoms with E-state index in [1.54, 1.807) is 24.3 Å². The first-order valence-electron chi connectivity index (χ1n) is 10.6. The van der Waals surface area contributed by atoms with E-state index in [1.165, 1.54) is 30.2 Å². The number of benzene rings is 1. The average Bonchev–Trinajstić information content (AvgIpc) is 3.25. The number of unbranched alkanes of at least 4 members (excludes halogenated alkanes) is 1. The summed E-state index contributed by atoms with van der Waals surface area (Å²) in [6.45, 7) is 7.63. The van der Waals surface area contributed by atoms with Gasteiger partial charge in [-0.2, -0.15) is 4.31 Å². The Morgan fingerprint density at radius 3 is 2.32 bits per heavy atom. The van der Waals surface area contributed by atoms with Crippen LogP contribution in [0.5, 0.6) is 0 Å². The van der Waals surface area contributed by atoms with Crippen LogP contribution in [-0.2, 0) is 10.0 Å². The van der Waals surface area contributed by atoms with Gasteiger partial charge >= 0.3 is 0 Å². The number of piperidine rings is 1. The molecule has 2 heterocycles. The minimum Gasteiger partial charge on any atom is -0.352 e. The molecule has 0 bridgehead atoms. The van der Waals surface area contributed by atoms with Crippen molar-refractivity contribution < 1.29 is 13.2 Å². The second-order valence-corrected chi connectivity index (χ2v) is 10.1. The fourth-order valence-corrected chi connectivity index (χ4v) is 5.42. The predicted molar refractivity (Wildman–Crippen MR) is 111 cm³/mol. The van der Waals surface area contributed by atoms with Gasteiger partial charge in [-0.05, 0) is 88.3 Å². The summed E-state index contributed by atoms with van der Waals surface area (Å²) in [6, 6.07) is 6.29. The summed E-state index contributed by atoms with van der Waals surface area (Å²) < 4.78 is 26.6. The van der Waals surface area contributed by atoms with Crippen molar-refractivity contribution in [3.8, 4) is 0 Å². The summed E-state index contributed by atoms with van der Waals surface area (Å²) in [5.41, 5.74) is 0.505. The highest BCUT2D eigenvalue weighted by molar-refractivity contribution is 7.89. The molecule has 2 fully saturated rings. The van der Waals surface area contributed by atoms with Crippen molar-refractivity contribution in [1.82, 2.24) is 14.5 Å². The maximum absolute atomic E-state index is 12.5. The number of nitrogens with one attached hydrogen (secondary N) is 1. The lowest BCUT2D eigenvalue weighted by Gasteiger charge is -2.30. The molecule has 7 heteroatoms. The molecule has 0 spiro atoms. The summed E-state index contributed by atoms with van der Waals surface area (Å²) in [7, 11) is -3.42. The molecule has 156 valence electrons. The Bertz CT molecular complexity index is 735. The van der Waals surface area contributed by atoms with Crippen LogP contribution in [0.15, 0.2) is 29.2 Å². The molecule has 3 rings (SSSR count). The second kappa shape index (κ2) is 9.85. The molecule has 0 unspecified atom stereocenters. The molecule has 2 saturated heterocycles. The number of carbonyl (C=O) groups excluding carboxylic acids is 1. The molecule has 28 heavy (non-hydrogen) atoms. The average molecular weight is 408 g/mol. The van der Waals surface area contributed by atoms with Crippen molar-refractivity contribution in [2.45, 2.75) is 50.3 Å². The van der Waals surface area contributed by atoms with Crippen LogP contribution in [0.25, 0.3) is 0 Å². The molecule has 0 atom stereocenters. The zero-order chi connectivity index (χ0) is 20.0. The van der Waals surface area contributed by atoms with Gasteiger partial charge in [0.2, 0.25) is 10.0 Å². The van der Waals surface area contributed by atoms with E-state index in [0.29, 0.717) is 25.2 Å². The van der Waals surface area contributed by atoms with Crippen LogP contribution >= 0.6 is 0 Å². The van der Waals surface area contributed by atoms with Crippen LogP contribution < -0.4 is 5.32 Å². The maximum Gasteiger partial charge on any atom is 0.251 e. The number of rotatable bonds is 8. The number of sulfonamides is 1. The molecular formula is C21H33N3O3S. The number of amides is 1. The third-order valence-electron chi connectivity index (χ3n) is 5.88. The molecule has 0 radical (unpaired) electrons. The van der Waals surface area contributed by atoms with Crippen molar-refractivity contribution >= 4 is 15.9 Å². The second-order valence-electron chi connectivity index (χ2n) is 8.12. The highest BCUT2D eigenvalue weighted by atomic mass is 32.2. The standard InChI is InChI=1S/C21H33N3O3S/c1-18-10-16-23(17-11-18)13-3-2-12-22-21(25)19-6-8-20(9-7-19)28(26,27)24-14-4-5-15-24/h6-9,18H,2-5,10-17H2,1H3,(H,22,25). The van der Waals surface area contributed by atoms with Gasteiger partial charge in [-0.15, -0.1) is 0 Å². The number of hydrogen-bond donors (Lipinski definition) is 1. The molecule has 2 aliphatic heterocycles. The predicted octanol–water partition coefficient (Wildman–Crippen LogP) is 2.71. The normalized spacial score (nSPS) is 19.8. The fraction of sp³-hybridized carbons (Fsp3) is 0.667. The van der Waals surface area contributed by atoms with E-state index in [9.17, 15) is 13.2 Å². The van der Waals surface area contributed by atoms with E-state index in [2.05, 4.69) is 17.1 Å². The summed E-state index contributed by atoms with van der Waals surface area (Å²) in [5.74, 6) is 0.712. The van der Waals surface area contributed by atoms with E-state index in [0.717, 1.165) is 38.1 Å². The number of carbonyl (C=O) groups is 1. The van der Waals surface area contributed by atoms with Crippen LogP contribution in [0.3, 0.4) is 0 Å². The fourth-order valence-electron chi connectivity index (χ4n) is 3.91. The first-order chi connectivity index (χ1) is 13.5. The van der Waals surface area contributed by atoms with E-state index in [1.807, 2.05) is 0 Å². The molecule has 6 nitrogen and oxygen atoms in total. The molecule has 1 amide bonds. The van der Waals surface area contributed by atoms with Crippen molar-refractivity contribution in [3.05, 3.63) is 29.8 Å². The van der Waals surface area contributed by atoms with Gasteiger partial charge in [0.05, 0.1) is 4.90 Å².